The van der Waals surface area contributed by atoms with Gasteiger partial charge in [-0.25, -0.2) is 0 Å². The van der Waals surface area contributed by atoms with Gasteiger partial charge >= 0.3 is 5.97 Å². The third kappa shape index (κ3) is 2.57. The van der Waals surface area contributed by atoms with Crippen molar-refractivity contribution in [1.29, 1.82) is 0 Å². The largest absolute Gasteiger partial charge is 0.481 e. The average Bonchev–Trinajstić information content (AvgIpc) is 2.02. The van der Waals surface area contributed by atoms with Gasteiger partial charge in [-0.1, -0.05) is 29.8 Å². The Kier molecular flexibility index (Phi) is 2.91. The molecule has 0 saturated heterocycles. The minimum absolute atomic E-state index is 0.0595. The van der Waals surface area contributed by atoms with E-state index in [-0.39, 0.29) is 6.42 Å². The van der Waals surface area contributed by atoms with Gasteiger partial charge in [0.25, 0.3) is 0 Å². The molecule has 14 heavy (non-hydrogen) atoms. The number of nitrogens with two attached hydrogens (primary N) is 1. The number of rotatable bonds is 3. The quantitative estimate of drug-likeness (QED) is 0.767. The van der Waals surface area contributed by atoms with Crippen LogP contribution < -0.4 is 5.73 Å². The second-order valence-electron chi connectivity index (χ2n) is 3.85. The van der Waals surface area contributed by atoms with E-state index in [1.165, 1.54) is 0 Å². The summed E-state index contributed by atoms with van der Waals surface area (Å²) in [5, 5.41) is 8.69. The fraction of sp³-hybridized carbons (Fsp3) is 0.364. The molecule has 3 nitrogen and oxygen atoms in total. The summed E-state index contributed by atoms with van der Waals surface area (Å²) >= 11 is 0. The van der Waals surface area contributed by atoms with Crippen molar-refractivity contribution in [3.05, 3.63) is 35.4 Å². The number of aliphatic carboxylic acids is 1. The number of carboxylic acids is 1. The van der Waals surface area contributed by atoms with Gasteiger partial charge in [0, 0.05) is 5.54 Å². The lowest BCUT2D eigenvalue weighted by atomic mass is 9.89. The molecule has 0 aliphatic heterocycles. The Hall–Kier alpha value is -1.35. The number of benzene rings is 1. The van der Waals surface area contributed by atoms with Gasteiger partial charge in [-0.2, -0.15) is 0 Å². The molecule has 0 radical (unpaired) electrons. The van der Waals surface area contributed by atoms with Gasteiger partial charge < -0.3 is 10.8 Å². The van der Waals surface area contributed by atoms with Crippen LogP contribution in [0.15, 0.2) is 24.3 Å². The van der Waals surface area contributed by atoms with Crippen molar-refractivity contribution in [2.75, 3.05) is 0 Å². The van der Waals surface area contributed by atoms with Crippen LogP contribution in [0.5, 0.6) is 0 Å². The highest BCUT2D eigenvalue weighted by molar-refractivity contribution is 5.68. The Morgan fingerprint density at radius 1 is 1.43 bits per heavy atom. The summed E-state index contributed by atoms with van der Waals surface area (Å²) in [7, 11) is 0. The van der Waals surface area contributed by atoms with Gasteiger partial charge in [0.2, 0.25) is 0 Å². The molecule has 0 aliphatic carbocycles. The summed E-state index contributed by atoms with van der Waals surface area (Å²) in [4.78, 5) is 10.6. The maximum atomic E-state index is 10.6. The van der Waals surface area contributed by atoms with Crippen molar-refractivity contribution in [3.8, 4) is 0 Å². The van der Waals surface area contributed by atoms with Gasteiger partial charge in [-0.15, -0.1) is 0 Å². The molecule has 1 aromatic carbocycles. The molecule has 0 heterocycles. The Balaban J connectivity index is 2.91. The highest BCUT2D eigenvalue weighted by atomic mass is 16.4. The predicted octanol–water partition coefficient (Wildman–Crippen LogP) is 1.64. The molecule has 1 rings (SSSR count). The Bertz CT molecular complexity index is 328. The SMILES string of the molecule is Cc1ccc(C(C)(N)CC(=O)O)cc1. The third-order valence-electron chi connectivity index (χ3n) is 2.23. The van der Waals surface area contributed by atoms with E-state index in [4.69, 9.17) is 10.8 Å². The normalized spacial score (nSPS) is 14.8. The Morgan fingerprint density at radius 2 is 1.93 bits per heavy atom. The fourth-order valence-corrected chi connectivity index (χ4v) is 1.35. The molecule has 0 saturated carbocycles. The molecule has 0 amide bonds. The molecular weight excluding hydrogens is 178 g/mol. The summed E-state index contributed by atoms with van der Waals surface area (Å²) in [6, 6.07) is 7.61. The van der Waals surface area contributed by atoms with Crippen LogP contribution in [0.3, 0.4) is 0 Å². The van der Waals surface area contributed by atoms with E-state index in [0.29, 0.717) is 0 Å². The lowest BCUT2D eigenvalue weighted by molar-refractivity contribution is -0.138. The van der Waals surface area contributed by atoms with E-state index in [2.05, 4.69) is 0 Å². The molecule has 0 fully saturated rings. The summed E-state index contributed by atoms with van der Waals surface area (Å²) < 4.78 is 0. The second-order valence-corrected chi connectivity index (χ2v) is 3.85. The van der Waals surface area contributed by atoms with Gasteiger partial charge in [-0.05, 0) is 19.4 Å². The summed E-state index contributed by atoms with van der Waals surface area (Å²) in [6.07, 6.45) is -0.0595. The highest BCUT2D eigenvalue weighted by Gasteiger charge is 2.24. The first-order valence-corrected chi connectivity index (χ1v) is 4.49. The first-order valence-electron chi connectivity index (χ1n) is 4.49. The van der Waals surface area contributed by atoms with Crippen molar-refractivity contribution < 1.29 is 9.90 Å². The van der Waals surface area contributed by atoms with Crippen molar-refractivity contribution in [2.24, 2.45) is 5.73 Å². The third-order valence-corrected chi connectivity index (χ3v) is 2.23. The lowest BCUT2D eigenvalue weighted by Gasteiger charge is -2.23. The Labute approximate surface area is 83.6 Å². The molecule has 1 unspecified atom stereocenters. The van der Waals surface area contributed by atoms with Crippen LogP contribution in [0.2, 0.25) is 0 Å². The number of aryl methyl sites for hydroxylation is 1. The number of carbonyl (C=O) groups is 1. The number of hydrogen-bond acceptors (Lipinski definition) is 2. The van der Waals surface area contributed by atoms with Crippen LogP contribution in [0.4, 0.5) is 0 Å². The predicted molar refractivity (Wildman–Crippen MR) is 55.0 cm³/mol. The van der Waals surface area contributed by atoms with Crippen LogP contribution in [-0.4, -0.2) is 11.1 Å². The van der Waals surface area contributed by atoms with Gasteiger partial charge in [0.15, 0.2) is 0 Å². The minimum Gasteiger partial charge on any atom is -0.481 e. The minimum atomic E-state index is -0.879. The monoisotopic (exact) mass is 193 g/mol. The molecule has 76 valence electrons. The van der Waals surface area contributed by atoms with Gasteiger partial charge in [0.05, 0.1) is 6.42 Å². The molecule has 1 atom stereocenters. The van der Waals surface area contributed by atoms with E-state index in [1.807, 2.05) is 31.2 Å². The first-order chi connectivity index (χ1) is 6.42. The maximum absolute atomic E-state index is 10.6. The van der Waals surface area contributed by atoms with Crippen LogP contribution in [-0.2, 0) is 10.3 Å². The summed E-state index contributed by atoms with van der Waals surface area (Å²) in [5.41, 5.74) is 7.11. The Morgan fingerprint density at radius 3 is 2.36 bits per heavy atom. The van der Waals surface area contributed by atoms with E-state index in [0.717, 1.165) is 11.1 Å². The smallest absolute Gasteiger partial charge is 0.305 e. The molecule has 0 bridgehead atoms. The van der Waals surface area contributed by atoms with Gasteiger partial charge in [-0.3, -0.25) is 4.79 Å². The lowest BCUT2D eigenvalue weighted by Crippen LogP contribution is -2.35. The highest BCUT2D eigenvalue weighted by Crippen LogP contribution is 2.21. The second kappa shape index (κ2) is 3.80. The standard InChI is InChI=1S/C11H15NO2/c1-8-3-5-9(6-4-8)11(2,12)7-10(13)14/h3-6H,7,12H2,1-2H3,(H,13,14). The zero-order chi connectivity index (χ0) is 10.8. The van der Waals surface area contributed by atoms with Crippen LogP contribution in [0, 0.1) is 6.92 Å². The van der Waals surface area contributed by atoms with E-state index in [9.17, 15) is 4.79 Å². The van der Waals surface area contributed by atoms with Crippen LogP contribution >= 0.6 is 0 Å². The van der Waals surface area contributed by atoms with Crippen molar-refractivity contribution in [1.82, 2.24) is 0 Å². The van der Waals surface area contributed by atoms with Crippen molar-refractivity contribution in [2.45, 2.75) is 25.8 Å². The molecule has 3 N–H and O–H groups in total. The number of carboxylic acid groups (broad SMARTS) is 1. The van der Waals surface area contributed by atoms with E-state index < -0.39 is 11.5 Å². The van der Waals surface area contributed by atoms with Gasteiger partial charge in [0.1, 0.15) is 0 Å². The average molecular weight is 193 g/mol. The molecule has 1 aromatic rings. The summed E-state index contributed by atoms with van der Waals surface area (Å²) in [6.45, 7) is 3.71. The van der Waals surface area contributed by atoms with Crippen molar-refractivity contribution in [3.63, 3.8) is 0 Å². The molecule has 3 heteroatoms. The first kappa shape index (κ1) is 10.7. The molecule has 0 aliphatic rings. The summed E-state index contributed by atoms with van der Waals surface area (Å²) in [5.74, 6) is -0.879. The zero-order valence-electron chi connectivity index (χ0n) is 8.45. The maximum Gasteiger partial charge on any atom is 0.305 e. The fourth-order valence-electron chi connectivity index (χ4n) is 1.35. The van der Waals surface area contributed by atoms with E-state index >= 15 is 0 Å². The molecule has 0 aromatic heterocycles. The van der Waals surface area contributed by atoms with Crippen LogP contribution in [0.25, 0.3) is 0 Å². The van der Waals surface area contributed by atoms with E-state index in [1.54, 1.807) is 6.92 Å². The molecule has 0 spiro atoms. The topological polar surface area (TPSA) is 63.3 Å². The van der Waals surface area contributed by atoms with Crippen LogP contribution in [0.1, 0.15) is 24.5 Å². The van der Waals surface area contributed by atoms with Crippen molar-refractivity contribution >= 4 is 5.97 Å². The molecular formula is C11H15NO2. The number of hydrogen-bond donors (Lipinski definition) is 2. The zero-order valence-corrected chi connectivity index (χ0v) is 8.45.